The van der Waals surface area contributed by atoms with E-state index >= 15 is 0 Å². The average molecular weight is 410 g/mol. The molecule has 0 spiro atoms. The summed E-state index contributed by atoms with van der Waals surface area (Å²) >= 11 is 5.34. The van der Waals surface area contributed by atoms with Crippen LogP contribution in [0.25, 0.3) is 0 Å². The molecule has 24 heavy (non-hydrogen) atoms. The van der Waals surface area contributed by atoms with Crippen LogP contribution < -0.4 is 14.8 Å². The molecule has 1 fully saturated rings. The van der Waals surface area contributed by atoms with Crippen LogP contribution in [0.5, 0.6) is 11.5 Å². The molecular formula is C19H24BrNO2S. The van der Waals surface area contributed by atoms with Gasteiger partial charge in [0.2, 0.25) is 0 Å². The highest BCUT2D eigenvalue weighted by atomic mass is 79.9. The molecule has 0 atom stereocenters. The van der Waals surface area contributed by atoms with Crippen LogP contribution >= 0.6 is 27.3 Å². The van der Waals surface area contributed by atoms with Gasteiger partial charge in [-0.1, -0.05) is 25.3 Å². The van der Waals surface area contributed by atoms with Gasteiger partial charge in [0.1, 0.15) is 6.61 Å². The molecule has 1 aliphatic carbocycles. The first-order valence-electron chi connectivity index (χ1n) is 8.51. The van der Waals surface area contributed by atoms with Crippen molar-refractivity contribution >= 4 is 27.3 Å². The normalized spacial score (nSPS) is 15.4. The molecule has 0 unspecified atom stereocenters. The van der Waals surface area contributed by atoms with Crippen LogP contribution in [-0.4, -0.2) is 13.2 Å². The quantitative estimate of drug-likeness (QED) is 0.652. The van der Waals surface area contributed by atoms with E-state index in [0.29, 0.717) is 12.6 Å². The van der Waals surface area contributed by atoms with Crippen LogP contribution in [-0.2, 0) is 13.2 Å². The van der Waals surface area contributed by atoms with Gasteiger partial charge >= 0.3 is 0 Å². The molecule has 0 saturated heterocycles. The minimum absolute atomic E-state index is 0.562. The number of methoxy groups -OCH3 is 1. The summed E-state index contributed by atoms with van der Waals surface area (Å²) in [5.74, 6) is 1.55. The highest BCUT2D eigenvalue weighted by Gasteiger charge is 2.15. The molecule has 1 aromatic carbocycles. The summed E-state index contributed by atoms with van der Waals surface area (Å²) in [6, 6.07) is 8.97. The van der Waals surface area contributed by atoms with Gasteiger partial charge in [-0.2, -0.15) is 0 Å². The van der Waals surface area contributed by atoms with Crippen molar-refractivity contribution in [2.45, 2.75) is 51.3 Å². The minimum atomic E-state index is 0.562. The maximum atomic E-state index is 5.97. The number of rotatable bonds is 7. The summed E-state index contributed by atoms with van der Waals surface area (Å²) in [7, 11) is 1.69. The van der Waals surface area contributed by atoms with Gasteiger partial charge in [0.25, 0.3) is 0 Å². The van der Waals surface area contributed by atoms with Gasteiger partial charge < -0.3 is 14.8 Å². The third-order valence-corrected chi connectivity index (χ3v) is 5.87. The summed E-state index contributed by atoms with van der Waals surface area (Å²) in [5, 5.41) is 5.74. The first-order valence-corrected chi connectivity index (χ1v) is 10.2. The maximum absolute atomic E-state index is 5.97. The van der Waals surface area contributed by atoms with E-state index in [2.05, 4.69) is 44.8 Å². The molecule has 0 radical (unpaired) electrons. The van der Waals surface area contributed by atoms with E-state index in [-0.39, 0.29) is 0 Å². The Kier molecular flexibility index (Phi) is 6.58. The number of benzene rings is 1. The first-order chi connectivity index (χ1) is 11.8. The Balaban J connectivity index is 1.64. The lowest BCUT2D eigenvalue weighted by Crippen LogP contribution is -2.30. The smallest absolute Gasteiger partial charge is 0.175 e. The lowest BCUT2D eigenvalue weighted by atomic mass is 9.95. The molecule has 0 aliphatic heterocycles. The van der Waals surface area contributed by atoms with E-state index in [9.17, 15) is 0 Å². The van der Waals surface area contributed by atoms with E-state index < -0.39 is 0 Å². The fourth-order valence-corrected chi connectivity index (χ4v) is 4.34. The number of hydrogen-bond donors (Lipinski definition) is 1. The van der Waals surface area contributed by atoms with Crippen LogP contribution in [0.2, 0.25) is 0 Å². The topological polar surface area (TPSA) is 30.5 Å². The van der Waals surface area contributed by atoms with Gasteiger partial charge in [-0.15, -0.1) is 11.3 Å². The second kappa shape index (κ2) is 8.88. The first kappa shape index (κ1) is 17.8. The Bertz CT molecular complexity index is 639. The molecular weight excluding hydrogens is 386 g/mol. The van der Waals surface area contributed by atoms with Crippen molar-refractivity contribution in [3.05, 3.63) is 44.6 Å². The molecule has 1 aromatic heterocycles. The Labute approximate surface area is 156 Å². The van der Waals surface area contributed by atoms with Gasteiger partial charge in [-0.05, 0) is 57.9 Å². The van der Waals surface area contributed by atoms with E-state index in [0.717, 1.165) is 22.5 Å². The number of hydrogen-bond acceptors (Lipinski definition) is 4. The molecule has 3 nitrogen and oxygen atoms in total. The lowest BCUT2D eigenvalue weighted by molar-refractivity contribution is 0.285. The van der Waals surface area contributed by atoms with Crippen LogP contribution in [0.15, 0.2) is 34.1 Å². The molecule has 3 rings (SSSR count). The largest absolute Gasteiger partial charge is 0.493 e. The van der Waals surface area contributed by atoms with Crippen LogP contribution in [0, 0.1) is 0 Å². The van der Waals surface area contributed by atoms with Gasteiger partial charge in [0, 0.05) is 17.5 Å². The summed E-state index contributed by atoms with van der Waals surface area (Å²) in [5.41, 5.74) is 1.22. The molecule has 1 saturated carbocycles. The Hall–Kier alpha value is -1.04. The van der Waals surface area contributed by atoms with Gasteiger partial charge in [-0.3, -0.25) is 0 Å². The Morgan fingerprint density at radius 2 is 2.08 bits per heavy atom. The highest BCUT2D eigenvalue weighted by Crippen LogP contribution is 2.37. The number of thiophene rings is 1. The third-order valence-electron chi connectivity index (χ3n) is 4.43. The zero-order chi connectivity index (χ0) is 16.8. The Morgan fingerprint density at radius 1 is 1.25 bits per heavy atom. The van der Waals surface area contributed by atoms with Gasteiger partial charge in [-0.25, -0.2) is 0 Å². The number of nitrogens with one attached hydrogen (secondary N) is 1. The van der Waals surface area contributed by atoms with Crippen molar-refractivity contribution in [3.63, 3.8) is 0 Å². The third kappa shape index (κ3) is 4.74. The van der Waals surface area contributed by atoms with E-state index in [1.165, 1.54) is 42.5 Å². The molecule has 1 N–H and O–H groups in total. The van der Waals surface area contributed by atoms with Crippen molar-refractivity contribution in [3.8, 4) is 11.5 Å². The zero-order valence-corrected chi connectivity index (χ0v) is 16.4. The average Bonchev–Trinajstić information content (AvgIpc) is 3.13. The second-order valence-electron chi connectivity index (χ2n) is 6.19. The molecule has 130 valence electrons. The summed E-state index contributed by atoms with van der Waals surface area (Å²) in [6.07, 6.45) is 6.66. The standard InChI is InChI=1S/C19H24BrNO2S/c1-22-18-11-14(12-21-15-6-3-2-4-7-15)10-17(20)19(18)23-13-16-8-5-9-24-16/h5,8-11,15,21H,2-4,6-7,12-13H2,1H3. The van der Waals surface area contributed by atoms with Crippen molar-refractivity contribution in [1.82, 2.24) is 5.32 Å². The van der Waals surface area contributed by atoms with Gasteiger partial charge in [0.05, 0.1) is 11.6 Å². The fraction of sp³-hybridized carbons (Fsp3) is 0.474. The van der Waals surface area contributed by atoms with E-state index in [4.69, 9.17) is 9.47 Å². The SMILES string of the molecule is COc1cc(CNC2CCCCC2)cc(Br)c1OCc1cccs1. The number of halogens is 1. The Morgan fingerprint density at radius 3 is 2.79 bits per heavy atom. The predicted molar refractivity (Wildman–Crippen MR) is 103 cm³/mol. The van der Waals surface area contributed by atoms with Crippen LogP contribution in [0.3, 0.4) is 0 Å². The second-order valence-corrected chi connectivity index (χ2v) is 8.08. The number of ether oxygens (including phenoxy) is 2. The summed E-state index contributed by atoms with van der Waals surface area (Å²) in [4.78, 5) is 1.20. The molecule has 2 aromatic rings. The van der Waals surface area contributed by atoms with Crippen molar-refractivity contribution in [2.75, 3.05) is 7.11 Å². The van der Waals surface area contributed by atoms with E-state index in [1.54, 1.807) is 18.4 Å². The van der Waals surface area contributed by atoms with Gasteiger partial charge in [0.15, 0.2) is 11.5 Å². The highest BCUT2D eigenvalue weighted by molar-refractivity contribution is 9.10. The lowest BCUT2D eigenvalue weighted by Gasteiger charge is -2.23. The molecule has 1 aliphatic rings. The predicted octanol–water partition coefficient (Wildman–Crippen LogP) is 5.52. The van der Waals surface area contributed by atoms with Crippen LogP contribution in [0.1, 0.15) is 42.5 Å². The molecule has 1 heterocycles. The molecule has 5 heteroatoms. The fourth-order valence-electron chi connectivity index (χ4n) is 3.12. The summed E-state index contributed by atoms with van der Waals surface area (Å²) in [6.45, 7) is 1.43. The molecule has 0 amide bonds. The van der Waals surface area contributed by atoms with Crippen LogP contribution in [0.4, 0.5) is 0 Å². The zero-order valence-electron chi connectivity index (χ0n) is 14.0. The summed E-state index contributed by atoms with van der Waals surface area (Å²) < 4.78 is 12.5. The maximum Gasteiger partial charge on any atom is 0.175 e. The monoisotopic (exact) mass is 409 g/mol. The van der Waals surface area contributed by atoms with Crippen molar-refractivity contribution in [2.24, 2.45) is 0 Å². The minimum Gasteiger partial charge on any atom is -0.493 e. The van der Waals surface area contributed by atoms with Crippen molar-refractivity contribution in [1.29, 1.82) is 0 Å². The van der Waals surface area contributed by atoms with E-state index in [1.807, 2.05) is 6.07 Å². The van der Waals surface area contributed by atoms with Crippen molar-refractivity contribution < 1.29 is 9.47 Å². The molecule has 0 bridgehead atoms.